The van der Waals surface area contributed by atoms with Crippen molar-refractivity contribution in [3.63, 3.8) is 0 Å². The molecule has 2 saturated heterocycles. The molecule has 2 atom stereocenters. The smallest absolute Gasteiger partial charge is 0.224 e. The Morgan fingerprint density at radius 2 is 1.89 bits per heavy atom. The highest BCUT2D eigenvalue weighted by molar-refractivity contribution is 5.85. The number of aliphatic hydroxyl groups excluding tert-OH is 1. The van der Waals surface area contributed by atoms with Crippen LogP contribution in [0.25, 0.3) is 0 Å². The maximum Gasteiger partial charge on any atom is 0.224 e. The van der Waals surface area contributed by atoms with E-state index in [1.54, 1.807) is 0 Å². The lowest BCUT2D eigenvalue weighted by molar-refractivity contribution is -0.125. The largest absolute Gasteiger partial charge is 0.387 e. The minimum Gasteiger partial charge on any atom is -0.387 e. The van der Waals surface area contributed by atoms with Crippen LogP contribution < -0.4 is 10.6 Å². The van der Waals surface area contributed by atoms with Gasteiger partial charge in [-0.15, -0.1) is 24.8 Å². The summed E-state index contributed by atoms with van der Waals surface area (Å²) in [6, 6.07) is 9.87. The van der Waals surface area contributed by atoms with Crippen molar-refractivity contribution < 1.29 is 9.90 Å². The van der Waals surface area contributed by atoms with E-state index in [1.165, 1.54) is 0 Å². The number of rotatable bonds is 6. The zero-order valence-corrected chi connectivity index (χ0v) is 17.4. The molecule has 1 amide bonds. The van der Waals surface area contributed by atoms with Gasteiger partial charge in [-0.3, -0.25) is 4.79 Å². The van der Waals surface area contributed by atoms with Crippen LogP contribution in [0.5, 0.6) is 0 Å². The zero-order chi connectivity index (χ0) is 17.5. The molecule has 0 spiro atoms. The minimum absolute atomic E-state index is 0. The Morgan fingerprint density at radius 1 is 1.19 bits per heavy atom. The zero-order valence-electron chi connectivity index (χ0n) is 15.8. The van der Waals surface area contributed by atoms with Crippen LogP contribution in [0.4, 0.5) is 0 Å². The van der Waals surface area contributed by atoms with Crippen molar-refractivity contribution in [1.82, 2.24) is 15.5 Å². The van der Waals surface area contributed by atoms with Gasteiger partial charge in [-0.25, -0.2) is 0 Å². The van der Waals surface area contributed by atoms with Gasteiger partial charge in [0.15, 0.2) is 0 Å². The molecule has 2 aliphatic heterocycles. The number of nitrogens with zero attached hydrogens (tertiary/aromatic N) is 1. The molecule has 2 heterocycles. The van der Waals surface area contributed by atoms with Crippen molar-refractivity contribution in [2.75, 3.05) is 39.3 Å². The predicted octanol–water partition coefficient (Wildman–Crippen LogP) is 2.39. The van der Waals surface area contributed by atoms with E-state index in [0.29, 0.717) is 12.5 Å². The molecule has 0 bridgehead atoms. The van der Waals surface area contributed by atoms with Crippen molar-refractivity contribution in [3.8, 4) is 0 Å². The number of benzene rings is 1. The lowest BCUT2D eigenvalue weighted by Crippen LogP contribution is -2.44. The number of piperidine rings is 2. The summed E-state index contributed by atoms with van der Waals surface area (Å²) in [4.78, 5) is 14.5. The molecular formula is C20H33Cl2N3O2. The SMILES string of the molecule is Cl.Cl.O=C(NCC1CCN(CC(O)c2ccccc2)CC1)C1CCCNC1. The van der Waals surface area contributed by atoms with Crippen LogP contribution in [-0.4, -0.2) is 55.2 Å². The first-order valence-corrected chi connectivity index (χ1v) is 9.66. The van der Waals surface area contributed by atoms with E-state index in [0.717, 1.165) is 64.0 Å². The highest BCUT2D eigenvalue weighted by Gasteiger charge is 2.24. The van der Waals surface area contributed by atoms with Gasteiger partial charge in [-0.2, -0.15) is 0 Å². The summed E-state index contributed by atoms with van der Waals surface area (Å²) in [5, 5.41) is 16.8. The van der Waals surface area contributed by atoms with Crippen LogP contribution in [0.2, 0.25) is 0 Å². The van der Waals surface area contributed by atoms with Gasteiger partial charge in [0.2, 0.25) is 5.91 Å². The first-order chi connectivity index (χ1) is 12.2. The molecule has 0 saturated carbocycles. The van der Waals surface area contributed by atoms with E-state index in [1.807, 2.05) is 30.3 Å². The molecule has 3 N–H and O–H groups in total. The fraction of sp³-hybridized carbons (Fsp3) is 0.650. The number of halogens is 2. The van der Waals surface area contributed by atoms with Crippen molar-refractivity contribution >= 4 is 30.7 Å². The average Bonchev–Trinajstić information content (AvgIpc) is 2.68. The Bertz CT molecular complexity index is 533. The molecule has 1 aromatic carbocycles. The third-order valence-corrected chi connectivity index (χ3v) is 5.56. The van der Waals surface area contributed by atoms with Gasteiger partial charge in [0.1, 0.15) is 0 Å². The maximum atomic E-state index is 12.2. The monoisotopic (exact) mass is 417 g/mol. The summed E-state index contributed by atoms with van der Waals surface area (Å²) in [6.45, 7) is 5.34. The van der Waals surface area contributed by atoms with E-state index in [2.05, 4.69) is 15.5 Å². The summed E-state index contributed by atoms with van der Waals surface area (Å²) in [5.74, 6) is 0.926. The second-order valence-electron chi connectivity index (χ2n) is 7.46. The van der Waals surface area contributed by atoms with Gasteiger partial charge in [0.05, 0.1) is 12.0 Å². The van der Waals surface area contributed by atoms with Gasteiger partial charge in [-0.1, -0.05) is 30.3 Å². The number of aliphatic hydroxyl groups is 1. The van der Waals surface area contributed by atoms with Crippen molar-refractivity contribution in [2.45, 2.75) is 31.8 Å². The quantitative estimate of drug-likeness (QED) is 0.664. The number of hydrogen-bond acceptors (Lipinski definition) is 4. The van der Waals surface area contributed by atoms with Crippen LogP contribution in [0.15, 0.2) is 30.3 Å². The first kappa shape index (κ1) is 24.2. The molecule has 0 aromatic heterocycles. The molecule has 154 valence electrons. The number of likely N-dealkylation sites (tertiary alicyclic amines) is 1. The summed E-state index contributed by atoms with van der Waals surface area (Å²) in [7, 11) is 0. The number of hydrogen-bond donors (Lipinski definition) is 3. The lowest BCUT2D eigenvalue weighted by atomic mass is 9.95. The van der Waals surface area contributed by atoms with Gasteiger partial charge in [-0.05, 0) is 56.8 Å². The topological polar surface area (TPSA) is 64.6 Å². The standard InChI is InChI=1S/C20H31N3O2.2ClH/c24-19(17-5-2-1-3-6-17)15-23-11-8-16(9-12-23)13-22-20(25)18-7-4-10-21-14-18;;/h1-3,5-6,16,18-19,21,24H,4,7-15H2,(H,22,25);2*1H. The molecular weight excluding hydrogens is 385 g/mol. The third-order valence-electron chi connectivity index (χ3n) is 5.56. The van der Waals surface area contributed by atoms with E-state index >= 15 is 0 Å². The van der Waals surface area contributed by atoms with E-state index < -0.39 is 6.10 Å². The van der Waals surface area contributed by atoms with Crippen LogP contribution in [-0.2, 0) is 4.79 Å². The number of β-amino-alcohol motifs (C(OH)–C–C–N with tert-alkyl or cyclic N) is 1. The van der Waals surface area contributed by atoms with Gasteiger partial charge in [0, 0.05) is 19.6 Å². The average molecular weight is 418 g/mol. The molecule has 27 heavy (non-hydrogen) atoms. The van der Waals surface area contributed by atoms with Crippen molar-refractivity contribution in [1.29, 1.82) is 0 Å². The molecule has 3 rings (SSSR count). The molecule has 5 nitrogen and oxygen atoms in total. The fourth-order valence-electron chi connectivity index (χ4n) is 3.86. The summed E-state index contributed by atoms with van der Waals surface area (Å²) < 4.78 is 0. The van der Waals surface area contributed by atoms with Gasteiger partial charge >= 0.3 is 0 Å². The number of carbonyl (C=O) groups is 1. The molecule has 2 aliphatic rings. The molecule has 2 fully saturated rings. The van der Waals surface area contributed by atoms with Crippen LogP contribution >= 0.6 is 24.8 Å². The molecule has 0 aliphatic carbocycles. The van der Waals surface area contributed by atoms with E-state index in [4.69, 9.17) is 0 Å². The Kier molecular flexibility index (Phi) is 11.3. The van der Waals surface area contributed by atoms with E-state index in [-0.39, 0.29) is 36.6 Å². The second kappa shape index (κ2) is 12.6. The minimum atomic E-state index is -0.420. The Labute approximate surface area is 175 Å². The lowest BCUT2D eigenvalue weighted by Gasteiger charge is -2.33. The Morgan fingerprint density at radius 3 is 2.52 bits per heavy atom. The fourth-order valence-corrected chi connectivity index (χ4v) is 3.86. The molecule has 0 radical (unpaired) electrons. The first-order valence-electron chi connectivity index (χ1n) is 9.66. The highest BCUT2D eigenvalue weighted by atomic mass is 35.5. The molecule has 1 aromatic rings. The number of carbonyl (C=O) groups excluding carboxylic acids is 1. The maximum absolute atomic E-state index is 12.2. The summed E-state index contributed by atoms with van der Waals surface area (Å²) >= 11 is 0. The van der Waals surface area contributed by atoms with Gasteiger partial charge < -0.3 is 20.6 Å². The summed E-state index contributed by atoms with van der Waals surface area (Å²) in [5.41, 5.74) is 0.984. The Balaban J connectivity index is 0.00000182. The molecule has 7 heteroatoms. The Hall–Kier alpha value is -0.850. The normalized spacial score (nSPS) is 22.2. The summed E-state index contributed by atoms with van der Waals surface area (Å²) in [6.07, 6.45) is 3.86. The highest BCUT2D eigenvalue weighted by Crippen LogP contribution is 2.20. The van der Waals surface area contributed by atoms with Crippen molar-refractivity contribution in [3.05, 3.63) is 35.9 Å². The molecule has 2 unspecified atom stereocenters. The van der Waals surface area contributed by atoms with Crippen LogP contribution in [0, 0.1) is 11.8 Å². The van der Waals surface area contributed by atoms with Crippen LogP contribution in [0.3, 0.4) is 0 Å². The van der Waals surface area contributed by atoms with Crippen molar-refractivity contribution in [2.24, 2.45) is 11.8 Å². The second-order valence-corrected chi connectivity index (χ2v) is 7.46. The van der Waals surface area contributed by atoms with Gasteiger partial charge in [0.25, 0.3) is 0 Å². The predicted molar refractivity (Wildman–Crippen MR) is 114 cm³/mol. The third kappa shape index (κ3) is 7.59. The van der Waals surface area contributed by atoms with Crippen LogP contribution in [0.1, 0.15) is 37.4 Å². The number of amides is 1. The van der Waals surface area contributed by atoms with E-state index in [9.17, 15) is 9.90 Å². The number of nitrogens with one attached hydrogen (secondary N) is 2.